The van der Waals surface area contributed by atoms with Crippen LogP contribution in [0.2, 0.25) is 0 Å². The Labute approximate surface area is 221 Å². The number of benzene rings is 2. The van der Waals surface area contributed by atoms with Crippen LogP contribution in [0.3, 0.4) is 0 Å². The minimum atomic E-state index is -1.79. The Kier molecular flexibility index (Phi) is 6.48. The van der Waals surface area contributed by atoms with Crippen LogP contribution in [0.1, 0.15) is 38.8 Å². The fraction of sp³-hybridized carbons (Fsp3) is 0.261. The summed E-state index contributed by atoms with van der Waals surface area (Å²) in [7, 11) is 0. The summed E-state index contributed by atoms with van der Waals surface area (Å²) in [6.45, 7) is 1.68. The van der Waals surface area contributed by atoms with Gasteiger partial charge in [0, 0.05) is 28.3 Å². The Balaban J connectivity index is 1.66. The number of alkyl halides is 1. The highest BCUT2D eigenvalue weighted by Gasteiger charge is 2.48. The number of aromatic hydroxyl groups is 1. The summed E-state index contributed by atoms with van der Waals surface area (Å²) >= 11 is 3.24. The number of aromatic nitrogens is 1. The van der Waals surface area contributed by atoms with E-state index >= 15 is 4.39 Å². The number of pyridine rings is 1. The van der Waals surface area contributed by atoms with E-state index in [0.29, 0.717) is 5.39 Å². The van der Waals surface area contributed by atoms with Crippen LogP contribution in [0.5, 0.6) is 11.5 Å². The quantitative estimate of drug-likeness (QED) is 0.309. The molecule has 11 heteroatoms. The zero-order valence-corrected chi connectivity index (χ0v) is 21.7. The van der Waals surface area contributed by atoms with Gasteiger partial charge >= 0.3 is 0 Å². The molecule has 2 heterocycles. The van der Waals surface area contributed by atoms with E-state index in [0.717, 1.165) is 0 Å². The van der Waals surface area contributed by atoms with Crippen molar-refractivity contribution < 1.29 is 34.7 Å². The van der Waals surface area contributed by atoms with E-state index in [-0.39, 0.29) is 33.5 Å². The summed E-state index contributed by atoms with van der Waals surface area (Å²) in [6, 6.07) is 9.56. The zero-order valence-electron chi connectivity index (χ0n) is 17.4. The van der Waals surface area contributed by atoms with Gasteiger partial charge in [0.1, 0.15) is 63.7 Å². The number of nitrogens with zero attached hydrogens (tertiary/aromatic N) is 1. The second-order valence-corrected chi connectivity index (χ2v) is 8.93. The molecule has 176 valence electrons. The standard InChI is InChI=1S/C23H16FI2NO7/c1-9-20(33-25)21(34-26)15(24)23(31-9)32-22-16-12(7-4-8-27-16)13-14(19(22)30)18(29)11-6-3-2-5-10(11)17(13)28/h2-9,15,20-21,23,30H,1H3. The average molecular weight is 691 g/mol. The Morgan fingerprint density at radius 1 is 1.00 bits per heavy atom. The second kappa shape index (κ2) is 9.26. The van der Waals surface area contributed by atoms with Gasteiger partial charge in [-0.05, 0) is 13.0 Å². The number of ketones is 2. The first-order valence-electron chi connectivity index (χ1n) is 10.2. The van der Waals surface area contributed by atoms with E-state index in [9.17, 15) is 14.7 Å². The predicted octanol–water partition coefficient (Wildman–Crippen LogP) is 4.65. The predicted molar refractivity (Wildman–Crippen MR) is 134 cm³/mol. The van der Waals surface area contributed by atoms with Crippen molar-refractivity contribution in [2.75, 3.05) is 0 Å². The monoisotopic (exact) mass is 691 g/mol. The number of carbonyl (C=O) groups is 2. The molecular weight excluding hydrogens is 675 g/mol. The maximum Gasteiger partial charge on any atom is 0.234 e. The van der Waals surface area contributed by atoms with Gasteiger partial charge in [0.25, 0.3) is 0 Å². The first-order chi connectivity index (χ1) is 16.4. The van der Waals surface area contributed by atoms with E-state index in [2.05, 4.69) is 4.98 Å². The molecule has 2 aromatic carbocycles. The fourth-order valence-electron chi connectivity index (χ4n) is 4.38. The molecule has 0 radical (unpaired) electrons. The lowest BCUT2D eigenvalue weighted by Crippen LogP contribution is -2.57. The van der Waals surface area contributed by atoms with Gasteiger partial charge in [-0.2, -0.15) is 0 Å². The first kappa shape index (κ1) is 23.8. The molecule has 2 aliphatic rings. The molecule has 1 aromatic heterocycles. The third-order valence-corrected chi connectivity index (χ3v) is 7.19. The molecular formula is C23H16FI2NO7. The Bertz CT molecular complexity index is 1320. The van der Waals surface area contributed by atoms with E-state index in [1.807, 2.05) is 0 Å². The Hall–Kier alpha value is -1.94. The van der Waals surface area contributed by atoms with Crippen molar-refractivity contribution in [1.29, 1.82) is 0 Å². The van der Waals surface area contributed by atoms with Gasteiger partial charge < -0.3 is 20.7 Å². The third-order valence-electron chi connectivity index (χ3n) is 6.01. The van der Waals surface area contributed by atoms with Gasteiger partial charge in [0.05, 0.1) is 11.7 Å². The smallest absolute Gasteiger partial charge is 0.234 e. The molecule has 1 aliphatic heterocycles. The lowest BCUT2D eigenvalue weighted by molar-refractivity contribution is -0.231. The van der Waals surface area contributed by atoms with Crippen LogP contribution in [-0.2, 0) is 10.9 Å². The zero-order chi connectivity index (χ0) is 24.1. The minimum Gasteiger partial charge on any atom is -0.504 e. The van der Waals surface area contributed by atoms with Crippen molar-refractivity contribution in [2.24, 2.45) is 0 Å². The number of rotatable bonds is 4. The lowest BCUT2D eigenvalue weighted by Gasteiger charge is -2.39. The molecule has 0 spiro atoms. The molecule has 3 aromatic rings. The van der Waals surface area contributed by atoms with Crippen LogP contribution in [0, 0.1) is 0 Å². The molecule has 1 aliphatic carbocycles. The molecule has 8 nitrogen and oxygen atoms in total. The summed E-state index contributed by atoms with van der Waals surface area (Å²) in [5.41, 5.74) is 0.308. The lowest BCUT2D eigenvalue weighted by atomic mass is 9.81. The number of carbonyl (C=O) groups excluding carboxylic acids is 2. The number of halogens is 3. The Morgan fingerprint density at radius 3 is 2.29 bits per heavy atom. The van der Waals surface area contributed by atoms with Crippen molar-refractivity contribution in [2.45, 2.75) is 37.7 Å². The van der Waals surface area contributed by atoms with Crippen LogP contribution in [0.4, 0.5) is 4.39 Å². The van der Waals surface area contributed by atoms with Crippen molar-refractivity contribution in [3.05, 3.63) is 64.8 Å². The van der Waals surface area contributed by atoms with Crippen molar-refractivity contribution in [3.63, 3.8) is 0 Å². The van der Waals surface area contributed by atoms with Crippen LogP contribution in [0.15, 0.2) is 42.6 Å². The van der Waals surface area contributed by atoms with E-state index in [1.54, 1.807) is 83.3 Å². The summed E-state index contributed by atoms with van der Waals surface area (Å²) in [5.74, 6) is -1.82. The molecule has 5 atom stereocenters. The molecule has 1 N–H and O–H groups in total. The molecule has 5 unspecified atom stereocenters. The van der Waals surface area contributed by atoms with Gasteiger partial charge in [-0.3, -0.25) is 14.6 Å². The first-order valence-corrected chi connectivity index (χ1v) is 12.0. The highest BCUT2D eigenvalue weighted by molar-refractivity contribution is 14.1. The average Bonchev–Trinajstić information content (AvgIpc) is 2.85. The minimum absolute atomic E-state index is 0.0261. The van der Waals surface area contributed by atoms with Crippen molar-refractivity contribution in [3.8, 4) is 11.5 Å². The van der Waals surface area contributed by atoms with Crippen molar-refractivity contribution in [1.82, 2.24) is 4.98 Å². The molecule has 34 heavy (non-hydrogen) atoms. The molecule has 0 saturated carbocycles. The van der Waals surface area contributed by atoms with E-state index in [1.165, 1.54) is 12.3 Å². The van der Waals surface area contributed by atoms with Crippen LogP contribution in [-0.4, -0.2) is 52.4 Å². The van der Waals surface area contributed by atoms with Gasteiger partial charge in [0.15, 0.2) is 29.2 Å². The molecule has 5 rings (SSSR count). The maximum absolute atomic E-state index is 15.3. The molecule has 1 saturated heterocycles. The van der Waals surface area contributed by atoms with E-state index < -0.39 is 48.1 Å². The summed E-state index contributed by atoms with van der Waals surface area (Å²) < 4.78 is 37.4. The van der Waals surface area contributed by atoms with Crippen LogP contribution in [0.25, 0.3) is 10.9 Å². The second-order valence-electron chi connectivity index (χ2n) is 7.91. The van der Waals surface area contributed by atoms with Gasteiger partial charge in [0.2, 0.25) is 6.29 Å². The summed E-state index contributed by atoms with van der Waals surface area (Å²) in [5, 5.41) is 11.5. The van der Waals surface area contributed by atoms with Crippen molar-refractivity contribution >= 4 is 68.5 Å². The fourth-order valence-corrected chi connectivity index (χ4v) is 5.66. The summed E-state index contributed by atoms with van der Waals surface area (Å²) in [4.78, 5) is 30.9. The highest BCUT2D eigenvalue weighted by Crippen LogP contribution is 2.45. The van der Waals surface area contributed by atoms with Gasteiger partial charge in [-0.25, -0.2) is 4.39 Å². The topological polar surface area (TPSA) is 104 Å². The highest BCUT2D eigenvalue weighted by atomic mass is 127. The molecule has 0 amide bonds. The Morgan fingerprint density at radius 2 is 1.65 bits per heavy atom. The number of hydrogen-bond acceptors (Lipinski definition) is 8. The number of ether oxygens (including phenoxy) is 2. The van der Waals surface area contributed by atoms with E-state index in [4.69, 9.17) is 15.6 Å². The molecule has 0 bridgehead atoms. The SMILES string of the molecule is CC1OC(Oc2c(O)c3c(c4cccnc24)C(=O)c2ccccc2C3=O)C(F)C(OI)C1OI. The number of phenols is 1. The third kappa shape index (κ3) is 3.59. The van der Waals surface area contributed by atoms with Crippen LogP contribution < -0.4 is 4.74 Å². The maximum atomic E-state index is 15.3. The summed E-state index contributed by atoms with van der Waals surface area (Å²) in [6.07, 6.45) is -4.16. The largest absolute Gasteiger partial charge is 0.504 e. The van der Waals surface area contributed by atoms with Gasteiger partial charge in [-0.15, -0.1) is 0 Å². The normalized spacial score (nSPS) is 26.3. The number of phenolic OH excluding ortho intramolecular Hbond substituents is 1. The number of hydrogen-bond donors (Lipinski definition) is 1. The van der Waals surface area contributed by atoms with Crippen LogP contribution >= 0.6 is 46.0 Å². The van der Waals surface area contributed by atoms with Gasteiger partial charge in [-0.1, -0.05) is 30.3 Å². The number of fused-ring (bicyclic) bond motifs is 4. The molecule has 1 fully saturated rings.